The second kappa shape index (κ2) is 10.0. The fraction of sp³-hybridized carbons (Fsp3) is 1.00. The van der Waals surface area contributed by atoms with Gasteiger partial charge in [-0.25, -0.2) is 0 Å². The smallest absolute Gasteiger partial charge is 0.0145 e. The maximum absolute atomic E-state index is 3.75. The Labute approximate surface area is 99.0 Å². The molecule has 0 aliphatic carbocycles. The zero-order valence-corrected chi connectivity index (χ0v) is 11.8. The van der Waals surface area contributed by atoms with Gasteiger partial charge >= 0.3 is 0 Å². The van der Waals surface area contributed by atoms with Crippen LogP contribution in [0.2, 0.25) is 0 Å². The fourth-order valence-electron chi connectivity index (χ4n) is 1.92. The Morgan fingerprint density at radius 3 is 1.57 bits per heavy atom. The molecule has 0 saturated carbocycles. The van der Waals surface area contributed by atoms with Crippen molar-refractivity contribution < 1.29 is 0 Å². The molecule has 14 heavy (non-hydrogen) atoms. The van der Waals surface area contributed by atoms with Gasteiger partial charge in [-0.05, 0) is 18.8 Å². The Kier molecular flexibility index (Phi) is 10.4. The Hall–Kier alpha value is 0.480. The van der Waals surface area contributed by atoms with Crippen LogP contribution < -0.4 is 0 Å². The van der Waals surface area contributed by atoms with Crippen LogP contribution in [-0.4, -0.2) is 4.83 Å². The number of hydrogen-bond donors (Lipinski definition) is 0. The van der Waals surface area contributed by atoms with Crippen LogP contribution >= 0.6 is 15.9 Å². The van der Waals surface area contributed by atoms with Gasteiger partial charge in [-0.2, -0.15) is 0 Å². The van der Waals surface area contributed by atoms with Crippen molar-refractivity contribution in [2.75, 3.05) is 0 Å². The van der Waals surface area contributed by atoms with Crippen molar-refractivity contribution in [3.05, 3.63) is 0 Å². The molecular formula is C13H27Br. The van der Waals surface area contributed by atoms with E-state index in [0.29, 0.717) is 4.83 Å². The lowest BCUT2D eigenvalue weighted by Crippen LogP contribution is -2.11. The normalized spacial score (nSPS) is 13.5. The van der Waals surface area contributed by atoms with E-state index in [4.69, 9.17) is 0 Å². The summed E-state index contributed by atoms with van der Waals surface area (Å²) in [6, 6.07) is 0. The van der Waals surface area contributed by atoms with E-state index in [1.807, 2.05) is 0 Å². The highest BCUT2D eigenvalue weighted by molar-refractivity contribution is 9.09. The summed E-state index contributed by atoms with van der Waals surface area (Å²) in [5, 5.41) is 0. The zero-order chi connectivity index (χ0) is 10.8. The number of alkyl halides is 1. The molecule has 1 heteroatoms. The molecule has 0 aromatic carbocycles. The molecule has 0 bridgehead atoms. The van der Waals surface area contributed by atoms with Crippen molar-refractivity contribution in [1.29, 1.82) is 0 Å². The van der Waals surface area contributed by atoms with Gasteiger partial charge in [-0.15, -0.1) is 0 Å². The van der Waals surface area contributed by atoms with Crippen molar-refractivity contribution in [2.24, 2.45) is 5.92 Å². The number of rotatable bonds is 9. The summed E-state index contributed by atoms with van der Waals surface area (Å²) in [5.74, 6) is 0.910. The first-order valence-electron chi connectivity index (χ1n) is 6.36. The quantitative estimate of drug-likeness (QED) is 0.378. The molecular weight excluding hydrogens is 236 g/mol. The number of unbranched alkanes of at least 4 members (excludes halogenated alkanes) is 4. The molecule has 86 valence electrons. The first-order valence-corrected chi connectivity index (χ1v) is 7.28. The van der Waals surface area contributed by atoms with E-state index in [9.17, 15) is 0 Å². The van der Waals surface area contributed by atoms with Gasteiger partial charge in [0, 0.05) is 4.83 Å². The summed E-state index contributed by atoms with van der Waals surface area (Å²) >= 11 is 3.75. The van der Waals surface area contributed by atoms with Gasteiger partial charge in [0.15, 0.2) is 0 Å². The molecule has 0 aliphatic heterocycles. The van der Waals surface area contributed by atoms with Crippen LogP contribution in [0.4, 0.5) is 0 Å². The lowest BCUT2D eigenvalue weighted by molar-refractivity contribution is 0.411. The second-order valence-electron chi connectivity index (χ2n) is 4.43. The first kappa shape index (κ1) is 14.5. The van der Waals surface area contributed by atoms with Crippen LogP contribution in [0.5, 0.6) is 0 Å². The molecule has 0 saturated heterocycles. The fourth-order valence-corrected chi connectivity index (χ4v) is 2.45. The van der Waals surface area contributed by atoms with Gasteiger partial charge in [0.1, 0.15) is 0 Å². The molecule has 0 aromatic heterocycles. The Balaban J connectivity index is 3.55. The van der Waals surface area contributed by atoms with E-state index in [0.717, 1.165) is 5.92 Å². The monoisotopic (exact) mass is 262 g/mol. The molecule has 0 fully saturated rings. The molecule has 0 rings (SSSR count). The summed E-state index contributed by atoms with van der Waals surface area (Å²) < 4.78 is 0. The molecule has 1 atom stereocenters. The molecule has 1 unspecified atom stereocenters. The van der Waals surface area contributed by atoms with Crippen molar-refractivity contribution in [3.8, 4) is 0 Å². The first-order chi connectivity index (χ1) is 6.72. The van der Waals surface area contributed by atoms with Crippen LogP contribution in [-0.2, 0) is 0 Å². The van der Waals surface area contributed by atoms with Crippen LogP contribution in [0.15, 0.2) is 0 Å². The minimum absolute atomic E-state index is 0.705. The van der Waals surface area contributed by atoms with E-state index in [-0.39, 0.29) is 0 Å². The molecule has 0 N–H and O–H groups in total. The van der Waals surface area contributed by atoms with Gasteiger partial charge in [0.2, 0.25) is 0 Å². The predicted molar refractivity (Wildman–Crippen MR) is 70.2 cm³/mol. The van der Waals surface area contributed by atoms with Crippen LogP contribution in [0.25, 0.3) is 0 Å². The molecule has 0 spiro atoms. The molecule has 0 radical (unpaired) electrons. The van der Waals surface area contributed by atoms with E-state index in [1.54, 1.807) is 0 Å². The standard InChI is InChI=1S/C13H27Br/c1-4-6-8-10-13(12(3)14)11-9-7-5-2/h12-13H,4-11H2,1-3H3. The summed E-state index contributed by atoms with van der Waals surface area (Å²) in [7, 11) is 0. The predicted octanol–water partition coefficient (Wildman–Crippen LogP) is 5.55. The van der Waals surface area contributed by atoms with E-state index >= 15 is 0 Å². The van der Waals surface area contributed by atoms with Crippen LogP contribution in [0.1, 0.15) is 72.1 Å². The third-order valence-electron chi connectivity index (χ3n) is 3.01. The van der Waals surface area contributed by atoms with Crippen LogP contribution in [0, 0.1) is 5.92 Å². The average molecular weight is 263 g/mol. The Morgan fingerprint density at radius 1 is 0.857 bits per heavy atom. The molecule has 0 aliphatic rings. The Morgan fingerprint density at radius 2 is 1.29 bits per heavy atom. The average Bonchev–Trinajstić information content (AvgIpc) is 2.15. The maximum atomic E-state index is 3.75. The van der Waals surface area contributed by atoms with Crippen LogP contribution in [0.3, 0.4) is 0 Å². The van der Waals surface area contributed by atoms with E-state index in [1.165, 1.54) is 51.4 Å². The van der Waals surface area contributed by atoms with Crippen molar-refractivity contribution in [3.63, 3.8) is 0 Å². The van der Waals surface area contributed by atoms with Crippen molar-refractivity contribution in [2.45, 2.75) is 77.0 Å². The summed E-state index contributed by atoms with van der Waals surface area (Å²) in [4.78, 5) is 0.705. The van der Waals surface area contributed by atoms with Gasteiger partial charge in [-0.3, -0.25) is 0 Å². The molecule has 0 amide bonds. The lowest BCUT2D eigenvalue weighted by atomic mass is 9.93. The maximum Gasteiger partial charge on any atom is 0.0145 e. The SMILES string of the molecule is CCCCCC(CCCCC)C(C)Br. The number of hydrogen-bond acceptors (Lipinski definition) is 0. The molecule has 0 heterocycles. The van der Waals surface area contributed by atoms with Gasteiger partial charge in [-0.1, -0.05) is 75.2 Å². The highest BCUT2D eigenvalue weighted by atomic mass is 79.9. The summed E-state index contributed by atoms with van der Waals surface area (Å²) in [5.41, 5.74) is 0. The Bertz CT molecular complexity index is 99.8. The summed E-state index contributed by atoms with van der Waals surface area (Å²) in [6.45, 7) is 6.87. The van der Waals surface area contributed by atoms with Gasteiger partial charge in [0.05, 0.1) is 0 Å². The zero-order valence-electron chi connectivity index (χ0n) is 10.2. The molecule has 0 nitrogen and oxygen atoms in total. The third kappa shape index (κ3) is 7.84. The largest absolute Gasteiger partial charge is 0.0891 e. The van der Waals surface area contributed by atoms with E-state index < -0.39 is 0 Å². The topological polar surface area (TPSA) is 0 Å². The minimum atomic E-state index is 0.705. The van der Waals surface area contributed by atoms with E-state index in [2.05, 4.69) is 36.7 Å². The second-order valence-corrected chi connectivity index (χ2v) is 5.87. The highest BCUT2D eigenvalue weighted by Gasteiger charge is 2.13. The lowest BCUT2D eigenvalue weighted by Gasteiger charge is -2.19. The third-order valence-corrected chi connectivity index (χ3v) is 3.75. The number of halogens is 1. The molecule has 0 aromatic rings. The highest BCUT2D eigenvalue weighted by Crippen LogP contribution is 2.25. The minimum Gasteiger partial charge on any atom is -0.0891 e. The summed E-state index contributed by atoms with van der Waals surface area (Å²) in [6.07, 6.45) is 11.2. The van der Waals surface area contributed by atoms with Crippen molar-refractivity contribution in [1.82, 2.24) is 0 Å². The van der Waals surface area contributed by atoms with Gasteiger partial charge < -0.3 is 0 Å². The van der Waals surface area contributed by atoms with Crippen molar-refractivity contribution >= 4 is 15.9 Å². The van der Waals surface area contributed by atoms with Gasteiger partial charge in [0.25, 0.3) is 0 Å².